The largest absolute Gasteiger partial charge is 0.387 e. The Kier molecular flexibility index (Phi) is 9.15. The molecule has 0 unspecified atom stereocenters. The van der Waals surface area contributed by atoms with E-state index in [1.54, 1.807) is 29.2 Å². The second-order valence-corrected chi connectivity index (χ2v) is 12.9. The number of nitrogens with zero attached hydrogens (tertiary/aromatic N) is 4. The summed E-state index contributed by atoms with van der Waals surface area (Å²) in [6.07, 6.45) is 4.45. The summed E-state index contributed by atoms with van der Waals surface area (Å²) >= 11 is 0. The van der Waals surface area contributed by atoms with Crippen molar-refractivity contribution < 1.29 is 17.6 Å². The summed E-state index contributed by atoms with van der Waals surface area (Å²) in [7, 11) is -1.71. The van der Waals surface area contributed by atoms with Crippen LogP contribution in [0.5, 0.6) is 0 Å². The van der Waals surface area contributed by atoms with Gasteiger partial charge in [0.2, 0.25) is 5.91 Å². The van der Waals surface area contributed by atoms with Crippen LogP contribution < -0.4 is 17.0 Å². The highest BCUT2D eigenvalue weighted by atomic mass is 32.2. The molecule has 42 heavy (non-hydrogen) atoms. The normalized spacial score (nSPS) is 13.4. The molecule has 0 fully saturated rings. The number of benzene rings is 2. The second kappa shape index (κ2) is 12.4. The van der Waals surface area contributed by atoms with Crippen molar-refractivity contribution in [1.29, 1.82) is 0 Å². The maximum Gasteiger partial charge on any atom is 0.331 e. The van der Waals surface area contributed by atoms with E-state index in [2.05, 4.69) is 4.99 Å². The fourth-order valence-electron chi connectivity index (χ4n) is 5.18. The number of amides is 1. The van der Waals surface area contributed by atoms with Crippen LogP contribution in [0.1, 0.15) is 45.1 Å². The lowest BCUT2D eigenvalue weighted by Crippen LogP contribution is -2.39. The third-order valence-corrected chi connectivity index (χ3v) is 8.22. The van der Waals surface area contributed by atoms with Crippen LogP contribution in [-0.4, -0.2) is 59.3 Å². The van der Waals surface area contributed by atoms with Crippen LogP contribution in [0, 0.1) is 5.82 Å². The molecule has 1 aliphatic rings. The number of aliphatic imine (C=N–C) groups is 1. The third kappa shape index (κ3) is 6.53. The highest BCUT2D eigenvalue weighted by Gasteiger charge is 2.23. The minimum absolute atomic E-state index is 0.0294. The topological polar surface area (TPSA) is 137 Å². The molecular formula is C30H36FN5O5S. The van der Waals surface area contributed by atoms with E-state index in [0.717, 1.165) is 23.7 Å². The Hall–Kier alpha value is -4.06. The van der Waals surface area contributed by atoms with Crippen molar-refractivity contribution in [2.24, 2.45) is 17.8 Å². The molecule has 1 amide bonds. The van der Waals surface area contributed by atoms with Crippen LogP contribution in [0.15, 0.2) is 50.5 Å². The average Bonchev–Trinajstić information content (AvgIpc) is 3.10. The summed E-state index contributed by atoms with van der Waals surface area (Å²) in [6, 6.07) is 7.83. The Labute approximate surface area is 243 Å². The van der Waals surface area contributed by atoms with Gasteiger partial charge >= 0.3 is 5.69 Å². The second-order valence-electron chi connectivity index (χ2n) is 10.6. The Bertz CT molecular complexity index is 1830. The van der Waals surface area contributed by atoms with Crippen molar-refractivity contribution in [3.05, 3.63) is 68.1 Å². The predicted molar refractivity (Wildman–Crippen MR) is 164 cm³/mol. The number of aromatic nitrogens is 2. The van der Waals surface area contributed by atoms with Crippen molar-refractivity contribution in [3.63, 3.8) is 0 Å². The maximum absolute atomic E-state index is 15.6. The van der Waals surface area contributed by atoms with Gasteiger partial charge < -0.3 is 10.6 Å². The number of carbonyl (C=O) groups excluding carboxylic acids is 1. The molecule has 0 bridgehead atoms. The zero-order chi connectivity index (χ0) is 30.8. The van der Waals surface area contributed by atoms with E-state index in [-0.39, 0.29) is 53.5 Å². The molecule has 12 heteroatoms. The molecule has 0 radical (unpaired) electrons. The first kappa shape index (κ1) is 30.9. The molecule has 2 N–H and O–H groups in total. The standard InChI is InChI=1S/C30H36FN5O5S/c1-5-10-35(11-6-2)28(37)21-14-23-24(31)15-20(16-25(23)33-27(32)18-21)19-8-9-22-26(17-19)34(3)30(39)36(29(22)38)12-7-13-42(4,40)41/h8-9,14-17H,5-7,10-13,18H2,1-4H3,(H2,32,33). The molecular weight excluding hydrogens is 561 g/mol. The zero-order valence-electron chi connectivity index (χ0n) is 24.3. The van der Waals surface area contributed by atoms with Gasteiger partial charge in [0.25, 0.3) is 5.56 Å². The molecule has 4 rings (SSSR count). The van der Waals surface area contributed by atoms with Crippen molar-refractivity contribution >= 4 is 44.2 Å². The number of aryl methyl sites for hydroxylation is 1. The number of hydrogen-bond donors (Lipinski definition) is 1. The van der Waals surface area contributed by atoms with Crippen LogP contribution in [0.3, 0.4) is 0 Å². The number of carbonyl (C=O) groups is 1. The predicted octanol–water partition coefficient (Wildman–Crippen LogP) is 3.37. The fourth-order valence-corrected chi connectivity index (χ4v) is 5.84. The highest BCUT2D eigenvalue weighted by Crippen LogP contribution is 2.35. The van der Waals surface area contributed by atoms with Gasteiger partial charge in [0, 0.05) is 50.5 Å². The smallest absolute Gasteiger partial charge is 0.331 e. The molecule has 0 spiro atoms. The van der Waals surface area contributed by atoms with E-state index in [0.29, 0.717) is 35.3 Å². The summed E-state index contributed by atoms with van der Waals surface area (Å²) in [5.74, 6) is -0.725. The van der Waals surface area contributed by atoms with Gasteiger partial charge in [-0.3, -0.25) is 18.7 Å². The molecule has 2 heterocycles. The number of halogens is 1. The van der Waals surface area contributed by atoms with Crippen molar-refractivity contribution in [3.8, 4) is 11.1 Å². The Morgan fingerprint density at radius 3 is 2.43 bits per heavy atom. The van der Waals surface area contributed by atoms with Gasteiger partial charge in [-0.1, -0.05) is 19.9 Å². The quantitative estimate of drug-likeness (QED) is 0.381. The molecule has 1 aromatic heterocycles. The van der Waals surface area contributed by atoms with E-state index in [4.69, 9.17) is 5.73 Å². The van der Waals surface area contributed by atoms with Crippen molar-refractivity contribution in [1.82, 2.24) is 14.0 Å². The highest BCUT2D eigenvalue weighted by molar-refractivity contribution is 7.90. The number of rotatable bonds is 10. The van der Waals surface area contributed by atoms with Crippen LogP contribution in [0.2, 0.25) is 0 Å². The minimum atomic E-state index is -3.24. The maximum atomic E-state index is 15.6. The summed E-state index contributed by atoms with van der Waals surface area (Å²) in [5, 5.41) is 0.271. The van der Waals surface area contributed by atoms with Gasteiger partial charge in [-0.2, -0.15) is 0 Å². The van der Waals surface area contributed by atoms with Crippen LogP contribution in [0.4, 0.5) is 10.1 Å². The lowest BCUT2D eigenvalue weighted by molar-refractivity contribution is -0.127. The third-order valence-electron chi connectivity index (χ3n) is 7.19. The van der Waals surface area contributed by atoms with E-state index in [1.807, 2.05) is 13.8 Å². The first-order valence-corrected chi connectivity index (χ1v) is 16.0. The first-order valence-electron chi connectivity index (χ1n) is 13.9. The van der Waals surface area contributed by atoms with Crippen molar-refractivity contribution in [2.45, 2.75) is 46.1 Å². The monoisotopic (exact) mass is 597 g/mol. The first-order chi connectivity index (χ1) is 19.8. The van der Waals surface area contributed by atoms with Gasteiger partial charge in [0.1, 0.15) is 21.5 Å². The lowest BCUT2D eigenvalue weighted by Gasteiger charge is -2.22. The number of sulfone groups is 1. The van der Waals surface area contributed by atoms with Gasteiger partial charge in [0.05, 0.1) is 22.3 Å². The van der Waals surface area contributed by atoms with Crippen LogP contribution in [-0.2, 0) is 28.2 Å². The van der Waals surface area contributed by atoms with Gasteiger partial charge in [-0.25, -0.2) is 22.6 Å². The van der Waals surface area contributed by atoms with Gasteiger partial charge in [-0.15, -0.1) is 0 Å². The van der Waals surface area contributed by atoms with Gasteiger partial charge in [0.15, 0.2) is 0 Å². The number of nitrogens with two attached hydrogens (primary N) is 1. The molecule has 224 valence electrons. The lowest BCUT2D eigenvalue weighted by atomic mass is 9.99. The Morgan fingerprint density at radius 2 is 1.79 bits per heavy atom. The summed E-state index contributed by atoms with van der Waals surface area (Å²) in [4.78, 5) is 45.5. The number of fused-ring (bicyclic) bond motifs is 2. The van der Waals surface area contributed by atoms with Crippen molar-refractivity contribution in [2.75, 3.05) is 25.1 Å². The zero-order valence-corrected chi connectivity index (χ0v) is 25.1. The molecule has 2 aromatic carbocycles. The van der Waals surface area contributed by atoms with Gasteiger partial charge in [-0.05, 0) is 60.7 Å². The molecule has 1 aliphatic heterocycles. The van der Waals surface area contributed by atoms with E-state index in [1.165, 1.54) is 23.8 Å². The summed E-state index contributed by atoms with van der Waals surface area (Å²) in [5.41, 5.74) is 7.23. The fraction of sp³-hybridized carbons (Fsp3) is 0.400. The summed E-state index contributed by atoms with van der Waals surface area (Å²) in [6.45, 7) is 5.13. The molecule has 0 saturated carbocycles. The molecule has 10 nitrogen and oxygen atoms in total. The van der Waals surface area contributed by atoms with E-state index >= 15 is 4.39 Å². The Morgan fingerprint density at radius 1 is 1.10 bits per heavy atom. The SMILES string of the molecule is CCCN(CCC)C(=O)C1=Cc2c(F)cc(-c3ccc4c(=O)n(CCCS(C)(=O)=O)c(=O)n(C)c4c3)cc2N=C(N)C1. The Balaban J connectivity index is 1.76. The number of hydrogen-bond acceptors (Lipinski definition) is 7. The molecule has 0 aliphatic carbocycles. The molecule has 3 aromatic rings. The van der Waals surface area contributed by atoms with Crippen LogP contribution in [0.25, 0.3) is 28.1 Å². The number of amidine groups is 1. The minimum Gasteiger partial charge on any atom is -0.387 e. The molecule has 0 saturated heterocycles. The summed E-state index contributed by atoms with van der Waals surface area (Å²) < 4.78 is 40.9. The van der Waals surface area contributed by atoms with Crippen LogP contribution >= 0.6 is 0 Å². The average molecular weight is 598 g/mol. The van der Waals surface area contributed by atoms with E-state index in [9.17, 15) is 22.8 Å². The van der Waals surface area contributed by atoms with E-state index < -0.39 is 26.9 Å². The molecule has 0 atom stereocenters.